The summed E-state index contributed by atoms with van der Waals surface area (Å²) in [5, 5.41) is 10.8. The molecule has 3 nitrogen and oxygen atoms in total. The summed E-state index contributed by atoms with van der Waals surface area (Å²) in [4.78, 5) is 0. The number of aryl methyl sites for hydroxylation is 1. The minimum absolute atomic E-state index is 0.296. The van der Waals surface area contributed by atoms with Gasteiger partial charge in [-0.15, -0.1) is 10.2 Å². The summed E-state index contributed by atoms with van der Waals surface area (Å²) in [5.41, 5.74) is 1.59. The van der Waals surface area contributed by atoms with Gasteiger partial charge in [0.15, 0.2) is 11.0 Å². The molecule has 2 aromatic rings. The number of nitrogens with one attached hydrogen (secondary N) is 1. The van der Waals surface area contributed by atoms with Gasteiger partial charge in [0, 0.05) is 5.69 Å². The predicted octanol–water partition coefficient (Wildman–Crippen LogP) is 3.32. The molecule has 0 radical (unpaired) electrons. The van der Waals surface area contributed by atoms with Gasteiger partial charge < -0.3 is 5.32 Å². The van der Waals surface area contributed by atoms with E-state index in [-0.39, 0.29) is 5.82 Å². The Morgan fingerprint density at radius 1 is 1.19 bits per heavy atom. The summed E-state index contributed by atoms with van der Waals surface area (Å²) >= 11 is 5.61. The van der Waals surface area contributed by atoms with E-state index in [1.807, 2.05) is 6.92 Å². The van der Waals surface area contributed by atoms with Crippen molar-refractivity contribution in [1.29, 1.82) is 0 Å². The van der Waals surface area contributed by atoms with E-state index in [0.29, 0.717) is 16.7 Å². The zero-order valence-corrected chi connectivity index (χ0v) is 9.29. The van der Waals surface area contributed by atoms with E-state index in [1.165, 1.54) is 12.1 Å². The average Bonchev–Trinajstić information content (AvgIpc) is 2.27. The van der Waals surface area contributed by atoms with E-state index in [0.717, 1.165) is 5.56 Å². The van der Waals surface area contributed by atoms with Gasteiger partial charge in [0.2, 0.25) is 0 Å². The molecule has 0 aliphatic heterocycles. The van der Waals surface area contributed by atoms with E-state index in [4.69, 9.17) is 11.6 Å². The van der Waals surface area contributed by atoms with Crippen molar-refractivity contribution in [3.63, 3.8) is 0 Å². The first-order chi connectivity index (χ1) is 7.65. The summed E-state index contributed by atoms with van der Waals surface area (Å²) < 4.78 is 13.0. The Morgan fingerprint density at radius 2 is 2.00 bits per heavy atom. The third-order valence-corrected chi connectivity index (χ3v) is 2.30. The van der Waals surface area contributed by atoms with Crippen LogP contribution in [0, 0.1) is 12.7 Å². The average molecular weight is 238 g/mol. The summed E-state index contributed by atoms with van der Waals surface area (Å²) in [6.45, 7) is 1.88. The molecule has 0 aliphatic rings. The van der Waals surface area contributed by atoms with Gasteiger partial charge in [-0.05, 0) is 36.8 Å². The lowest BCUT2D eigenvalue weighted by Crippen LogP contribution is -1.97. The third-order valence-electron chi connectivity index (χ3n) is 2.09. The fourth-order valence-corrected chi connectivity index (χ4v) is 1.35. The maximum Gasteiger partial charge on any atom is 0.153 e. The highest BCUT2D eigenvalue weighted by Gasteiger charge is 2.02. The molecule has 1 aromatic heterocycles. The van der Waals surface area contributed by atoms with E-state index >= 15 is 0 Å². The van der Waals surface area contributed by atoms with Crippen LogP contribution in [0.4, 0.5) is 15.9 Å². The van der Waals surface area contributed by atoms with Crippen LogP contribution in [0.5, 0.6) is 0 Å². The summed E-state index contributed by atoms with van der Waals surface area (Å²) in [7, 11) is 0. The normalized spacial score (nSPS) is 10.2. The molecule has 0 fully saturated rings. The molecule has 0 saturated carbocycles. The Bertz CT molecular complexity index is 499. The van der Waals surface area contributed by atoms with Crippen LogP contribution >= 0.6 is 11.6 Å². The molecule has 1 heterocycles. The molecule has 0 unspecified atom stereocenters. The van der Waals surface area contributed by atoms with Gasteiger partial charge in [-0.25, -0.2) is 4.39 Å². The van der Waals surface area contributed by atoms with Crippen LogP contribution in [0.15, 0.2) is 30.3 Å². The van der Waals surface area contributed by atoms with E-state index in [9.17, 15) is 4.39 Å². The van der Waals surface area contributed by atoms with Crippen LogP contribution in [0.25, 0.3) is 0 Å². The molecule has 1 aromatic carbocycles. The van der Waals surface area contributed by atoms with Crippen molar-refractivity contribution in [3.8, 4) is 0 Å². The molecule has 16 heavy (non-hydrogen) atoms. The SMILES string of the molecule is Cc1ccc(F)cc1Nc1ccc(Cl)nn1. The number of benzene rings is 1. The second-order valence-corrected chi connectivity index (χ2v) is 3.71. The van der Waals surface area contributed by atoms with Crippen molar-refractivity contribution in [2.45, 2.75) is 6.92 Å². The van der Waals surface area contributed by atoms with Crippen molar-refractivity contribution < 1.29 is 4.39 Å². The Balaban J connectivity index is 2.26. The molecule has 2 rings (SSSR count). The minimum atomic E-state index is -0.296. The van der Waals surface area contributed by atoms with Crippen molar-refractivity contribution in [2.75, 3.05) is 5.32 Å². The van der Waals surface area contributed by atoms with E-state index in [2.05, 4.69) is 15.5 Å². The minimum Gasteiger partial charge on any atom is -0.338 e. The number of hydrogen-bond donors (Lipinski definition) is 1. The lowest BCUT2D eigenvalue weighted by molar-refractivity contribution is 0.628. The second kappa shape index (κ2) is 4.45. The summed E-state index contributed by atoms with van der Waals surface area (Å²) in [5.74, 6) is 0.230. The highest BCUT2D eigenvalue weighted by atomic mass is 35.5. The van der Waals surface area contributed by atoms with E-state index < -0.39 is 0 Å². The van der Waals surface area contributed by atoms with Crippen molar-refractivity contribution in [2.24, 2.45) is 0 Å². The fraction of sp³-hybridized carbons (Fsp3) is 0.0909. The number of anilines is 2. The molecule has 0 amide bonds. The number of halogens is 2. The molecule has 0 aliphatic carbocycles. The van der Waals surface area contributed by atoms with Crippen LogP contribution in [-0.4, -0.2) is 10.2 Å². The monoisotopic (exact) mass is 237 g/mol. The van der Waals surface area contributed by atoms with Crippen LogP contribution in [0.2, 0.25) is 5.15 Å². The fourth-order valence-electron chi connectivity index (χ4n) is 1.25. The molecule has 0 bridgehead atoms. The highest BCUT2D eigenvalue weighted by molar-refractivity contribution is 6.29. The summed E-state index contributed by atoms with van der Waals surface area (Å²) in [6.07, 6.45) is 0. The molecule has 82 valence electrons. The standard InChI is InChI=1S/C11H9ClFN3/c1-7-2-3-8(13)6-9(7)14-11-5-4-10(12)15-16-11/h2-6H,1H3,(H,14,16). The topological polar surface area (TPSA) is 37.8 Å². The first-order valence-corrected chi connectivity index (χ1v) is 5.05. The molecular weight excluding hydrogens is 229 g/mol. The maximum absolute atomic E-state index is 13.0. The van der Waals surface area contributed by atoms with Gasteiger partial charge in [0.25, 0.3) is 0 Å². The molecule has 0 atom stereocenters. The van der Waals surface area contributed by atoms with Gasteiger partial charge in [-0.2, -0.15) is 0 Å². The number of nitrogens with zero attached hydrogens (tertiary/aromatic N) is 2. The first-order valence-electron chi connectivity index (χ1n) is 4.67. The van der Waals surface area contributed by atoms with Gasteiger partial charge in [0.1, 0.15) is 5.82 Å². The predicted molar refractivity (Wildman–Crippen MR) is 61.5 cm³/mol. The van der Waals surface area contributed by atoms with Gasteiger partial charge in [0.05, 0.1) is 0 Å². The highest BCUT2D eigenvalue weighted by Crippen LogP contribution is 2.20. The van der Waals surface area contributed by atoms with Gasteiger partial charge in [-0.1, -0.05) is 17.7 Å². The first kappa shape index (κ1) is 10.8. The smallest absolute Gasteiger partial charge is 0.153 e. The molecule has 0 saturated heterocycles. The molecule has 1 N–H and O–H groups in total. The van der Waals surface area contributed by atoms with Gasteiger partial charge >= 0.3 is 0 Å². The van der Waals surface area contributed by atoms with Crippen LogP contribution in [0.1, 0.15) is 5.56 Å². The van der Waals surface area contributed by atoms with Crippen LogP contribution < -0.4 is 5.32 Å². The lowest BCUT2D eigenvalue weighted by Gasteiger charge is -2.07. The van der Waals surface area contributed by atoms with Crippen LogP contribution in [-0.2, 0) is 0 Å². The zero-order chi connectivity index (χ0) is 11.5. The van der Waals surface area contributed by atoms with Gasteiger partial charge in [-0.3, -0.25) is 0 Å². The quantitative estimate of drug-likeness (QED) is 0.871. The number of aromatic nitrogens is 2. The number of hydrogen-bond acceptors (Lipinski definition) is 3. The Morgan fingerprint density at radius 3 is 2.69 bits per heavy atom. The molecule has 0 spiro atoms. The van der Waals surface area contributed by atoms with Crippen LogP contribution in [0.3, 0.4) is 0 Å². The Labute approximate surface area is 97.3 Å². The van der Waals surface area contributed by atoms with E-state index in [1.54, 1.807) is 18.2 Å². The summed E-state index contributed by atoms with van der Waals surface area (Å²) in [6, 6.07) is 7.81. The largest absolute Gasteiger partial charge is 0.338 e. The maximum atomic E-state index is 13.0. The molecule has 5 heteroatoms. The Hall–Kier alpha value is -1.68. The Kier molecular flexibility index (Phi) is 3.01. The second-order valence-electron chi connectivity index (χ2n) is 3.33. The van der Waals surface area contributed by atoms with Crippen molar-refractivity contribution in [3.05, 3.63) is 46.9 Å². The lowest BCUT2D eigenvalue weighted by atomic mass is 10.2. The molecular formula is C11H9ClFN3. The third kappa shape index (κ3) is 2.46. The van der Waals surface area contributed by atoms with Crippen molar-refractivity contribution >= 4 is 23.1 Å². The zero-order valence-electron chi connectivity index (χ0n) is 8.54. The number of rotatable bonds is 2. The van der Waals surface area contributed by atoms with Crippen molar-refractivity contribution in [1.82, 2.24) is 10.2 Å².